The van der Waals surface area contributed by atoms with E-state index in [1.807, 2.05) is 31.2 Å². The molecule has 1 aromatic rings. The molecule has 0 amide bonds. The maximum absolute atomic E-state index is 11.3. The molecule has 0 aliphatic heterocycles. The Bertz CT molecular complexity index is 324. The summed E-state index contributed by atoms with van der Waals surface area (Å²) in [5, 5.41) is 11.9. The molecule has 4 heteroatoms. The zero-order chi connectivity index (χ0) is 11.3. The average Bonchev–Trinajstić information content (AvgIpc) is 2.27. The van der Waals surface area contributed by atoms with Crippen LogP contribution in [0.2, 0.25) is 0 Å². The summed E-state index contributed by atoms with van der Waals surface area (Å²) in [6.07, 6.45) is 0.672. The molecule has 0 fully saturated rings. The molecule has 82 valence electrons. The molecule has 15 heavy (non-hydrogen) atoms. The minimum absolute atomic E-state index is 0.170. The monoisotopic (exact) mass is 319 g/mol. The van der Waals surface area contributed by atoms with E-state index in [1.54, 1.807) is 0 Å². The molecule has 1 aromatic carbocycles. The Morgan fingerprint density at radius 3 is 2.53 bits per heavy atom. The number of rotatable bonds is 5. The van der Waals surface area contributed by atoms with Crippen LogP contribution in [0.25, 0.3) is 0 Å². The van der Waals surface area contributed by atoms with E-state index in [4.69, 9.17) is 5.11 Å². The molecular weight excluding hydrogens is 305 g/mol. The van der Waals surface area contributed by atoms with Crippen LogP contribution in [0, 0.1) is 3.57 Å². The molecule has 0 saturated carbocycles. The quantitative estimate of drug-likeness (QED) is 0.817. The molecule has 1 atom stereocenters. The van der Waals surface area contributed by atoms with Gasteiger partial charge in [0.15, 0.2) is 5.78 Å². The van der Waals surface area contributed by atoms with Crippen LogP contribution in [0.15, 0.2) is 24.3 Å². The van der Waals surface area contributed by atoms with E-state index in [0.717, 1.165) is 9.26 Å². The summed E-state index contributed by atoms with van der Waals surface area (Å²) in [5.74, 6) is -0.170. The first-order chi connectivity index (χ1) is 7.17. The topological polar surface area (TPSA) is 49.3 Å². The molecule has 0 bridgehead atoms. The van der Waals surface area contributed by atoms with Crippen LogP contribution in [0.5, 0.6) is 0 Å². The van der Waals surface area contributed by atoms with Gasteiger partial charge in [0.1, 0.15) is 6.61 Å². The van der Waals surface area contributed by atoms with Gasteiger partial charge in [0.2, 0.25) is 0 Å². The van der Waals surface area contributed by atoms with E-state index in [1.165, 1.54) is 0 Å². The molecule has 0 saturated heterocycles. The highest BCUT2D eigenvalue weighted by Crippen LogP contribution is 2.13. The van der Waals surface area contributed by atoms with Gasteiger partial charge < -0.3 is 10.4 Å². The van der Waals surface area contributed by atoms with Crippen molar-refractivity contribution in [2.45, 2.75) is 19.4 Å². The van der Waals surface area contributed by atoms with Crippen LogP contribution in [0.4, 0.5) is 5.69 Å². The van der Waals surface area contributed by atoms with E-state index < -0.39 is 6.61 Å². The van der Waals surface area contributed by atoms with Gasteiger partial charge in [-0.3, -0.25) is 4.79 Å². The van der Waals surface area contributed by atoms with Crippen molar-refractivity contribution in [3.8, 4) is 0 Å². The fraction of sp³-hybridized carbons (Fsp3) is 0.364. The molecule has 1 rings (SSSR count). The zero-order valence-corrected chi connectivity index (χ0v) is 10.7. The fourth-order valence-electron chi connectivity index (χ4n) is 1.27. The summed E-state index contributed by atoms with van der Waals surface area (Å²) in [6, 6.07) is 7.50. The number of halogens is 1. The summed E-state index contributed by atoms with van der Waals surface area (Å²) in [6.45, 7) is 1.51. The number of ketones is 1. The number of hydrogen-bond donors (Lipinski definition) is 2. The minimum Gasteiger partial charge on any atom is -0.389 e. The number of carbonyl (C=O) groups excluding carboxylic acids is 1. The smallest absolute Gasteiger partial charge is 0.180 e. The lowest BCUT2D eigenvalue weighted by Gasteiger charge is -2.15. The second-order valence-corrected chi connectivity index (χ2v) is 4.48. The first kappa shape index (κ1) is 12.4. The lowest BCUT2D eigenvalue weighted by Crippen LogP contribution is -2.30. The number of hydrogen-bond acceptors (Lipinski definition) is 3. The second-order valence-electron chi connectivity index (χ2n) is 3.24. The van der Waals surface area contributed by atoms with Crippen LogP contribution in [-0.2, 0) is 4.79 Å². The van der Waals surface area contributed by atoms with E-state index in [-0.39, 0.29) is 11.8 Å². The summed E-state index contributed by atoms with van der Waals surface area (Å²) in [5.41, 5.74) is 0.907. The minimum atomic E-state index is -0.407. The molecule has 1 unspecified atom stereocenters. The lowest BCUT2D eigenvalue weighted by atomic mass is 10.1. The third kappa shape index (κ3) is 3.79. The Labute approximate surface area is 103 Å². The Balaban J connectivity index is 2.66. The van der Waals surface area contributed by atoms with Crippen molar-refractivity contribution >= 4 is 34.1 Å². The first-order valence-electron chi connectivity index (χ1n) is 4.83. The number of benzene rings is 1. The van der Waals surface area contributed by atoms with Crippen molar-refractivity contribution in [3.05, 3.63) is 27.8 Å². The van der Waals surface area contributed by atoms with Gasteiger partial charge in [-0.25, -0.2) is 0 Å². The zero-order valence-electron chi connectivity index (χ0n) is 8.53. The molecule has 0 aromatic heterocycles. The summed E-state index contributed by atoms with van der Waals surface area (Å²) >= 11 is 2.23. The van der Waals surface area contributed by atoms with Crippen molar-refractivity contribution < 1.29 is 9.90 Å². The average molecular weight is 319 g/mol. The van der Waals surface area contributed by atoms with Crippen LogP contribution in [0.3, 0.4) is 0 Å². The number of anilines is 1. The molecule has 0 aliphatic rings. The third-order valence-corrected chi connectivity index (χ3v) is 2.86. The molecule has 2 N–H and O–H groups in total. The predicted octanol–water partition coefficient (Wildman–Crippen LogP) is 2.04. The summed E-state index contributed by atoms with van der Waals surface area (Å²) < 4.78 is 1.15. The maximum Gasteiger partial charge on any atom is 0.180 e. The number of Topliss-reactive ketones (excluding diaryl/α,β-unsaturated/α-hetero) is 1. The van der Waals surface area contributed by atoms with Gasteiger partial charge in [-0.15, -0.1) is 0 Å². The highest BCUT2D eigenvalue weighted by molar-refractivity contribution is 14.1. The van der Waals surface area contributed by atoms with Crippen molar-refractivity contribution in [2.24, 2.45) is 0 Å². The van der Waals surface area contributed by atoms with Crippen LogP contribution in [-0.4, -0.2) is 23.5 Å². The van der Waals surface area contributed by atoms with E-state index in [2.05, 4.69) is 27.9 Å². The molecule has 0 radical (unpaired) electrons. The highest BCUT2D eigenvalue weighted by Gasteiger charge is 2.14. The molecule has 0 spiro atoms. The van der Waals surface area contributed by atoms with E-state index >= 15 is 0 Å². The summed E-state index contributed by atoms with van der Waals surface area (Å²) in [7, 11) is 0. The fourth-order valence-corrected chi connectivity index (χ4v) is 1.63. The third-order valence-electron chi connectivity index (χ3n) is 2.14. The Morgan fingerprint density at radius 2 is 2.07 bits per heavy atom. The van der Waals surface area contributed by atoms with E-state index in [9.17, 15) is 4.79 Å². The second kappa shape index (κ2) is 6.07. The van der Waals surface area contributed by atoms with Crippen molar-refractivity contribution in [1.82, 2.24) is 0 Å². The van der Waals surface area contributed by atoms with E-state index in [0.29, 0.717) is 6.42 Å². The molecule has 0 aliphatic carbocycles. The van der Waals surface area contributed by atoms with Crippen LogP contribution < -0.4 is 5.32 Å². The largest absolute Gasteiger partial charge is 0.389 e. The Hall–Kier alpha value is -0.620. The normalized spacial score (nSPS) is 12.2. The number of aliphatic hydroxyl groups is 1. The standard InChI is InChI=1S/C11H14INO2/c1-2-10(11(15)7-14)13-9-5-3-8(12)4-6-9/h3-6,10,13-14H,2,7H2,1H3. The molecular formula is C11H14INO2. The first-order valence-corrected chi connectivity index (χ1v) is 5.91. The predicted molar refractivity (Wildman–Crippen MR) is 69.0 cm³/mol. The van der Waals surface area contributed by atoms with Gasteiger partial charge in [0, 0.05) is 9.26 Å². The van der Waals surface area contributed by atoms with Gasteiger partial charge in [-0.05, 0) is 53.3 Å². The van der Waals surface area contributed by atoms with Gasteiger partial charge in [-0.2, -0.15) is 0 Å². The number of nitrogens with one attached hydrogen (secondary N) is 1. The van der Waals surface area contributed by atoms with Crippen molar-refractivity contribution in [2.75, 3.05) is 11.9 Å². The van der Waals surface area contributed by atoms with Crippen LogP contribution in [0.1, 0.15) is 13.3 Å². The molecule has 3 nitrogen and oxygen atoms in total. The van der Waals surface area contributed by atoms with Crippen molar-refractivity contribution in [1.29, 1.82) is 0 Å². The summed E-state index contributed by atoms with van der Waals surface area (Å²) in [4.78, 5) is 11.3. The Morgan fingerprint density at radius 1 is 1.47 bits per heavy atom. The SMILES string of the molecule is CCC(Nc1ccc(I)cc1)C(=O)CO. The molecule has 0 heterocycles. The maximum atomic E-state index is 11.3. The Kier molecular flexibility index (Phi) is 5.04. The number of aliphatic hydroxyl groups excluding tert-OH is 1. The van der Waals surface area contributed by atoms with Gasteiger partial charge in [0.05, 0.1) is 6.04 Å². The van der Waals surface area contributed by atoms with Crippen molar-refractivity contribution in [3.63, 3.8) is 0 Å². The van der Waals surface area contributed by atoms with Gasteiger partial charge in [0.25, 0.3) is 0 Å². The number of carbonyl (C=O) groups is 1. The van der Waals surface area contributed by atoms with Gasteiger partial charge in [-0.1, -0.05) is 6.92 Å². The van der Waals surface area contributed by atoms with Gasteiger partial charge >= 0.3 is 0 Å². The highest BCUT2D eigenvalue weighted by atomic mass is 127. The van der Waals surface area contributed by atoms with Crippen LogP contribution >= 0.6 is 22.6 Å². The lowest BCUT2D eigenvalue weighted by molar-refractivity contribution is -0.122.